The minimum absolute atomic E-state index is 0.445. The summed E-state index contributed by atoms with van der Waals surface area (Å²) in [5.74, 6) is 2.44. The lowest BCUT2D eigenvalue weighted by atomic mass is 10.0. The fraction of sp³-hybridized carbons (Fsp3) is 0.789. The van der Waals surface area contributed by atoms with E-state index in [1.54, 1.807) is 0 Å². The van der Waals surface area contributed by atoms with E-state index in [9.17, 15) is 0 Å². The lowest BCUT2D eigenvalue weighted by Crippen LogP contribution is -2.53. The molecule has 0 aliphatic carbocycles. The van der Waals surface area contributed by atoms with E-state index in [-0.39, 0.29) is 0 Å². The first-order valence-electron chi connectivity index (χ1n) is 9.80. The van der Waals surface area contributed by atoms with Crippen LogP contribution >= 0.6 is 0 Å². The number of piperazine rings is 1. The van der Waals surface area contributed by atoms with Gasteiger partial charge in [-0.05, 0) is 46.3 Å². The molecule has 1 aromatic rings. The van der Waals surface area contributed by atoms with Crippen molar-refractivity contribution in [1.29, 1.82) is 0 Å². The average Bonchev–Trinajstić information content (AvgIpc) is 3.17. The number of piperidine rings is 1. The Morgan fingerprint density at radius 2 is 1.76 bits per heavy atom. The van der Waals surface area contributed by atoms with Gasteiger partial charge in [0.1, 0.15) is 11.6 Å². The zero-order valence-electron chi connectivity index (χ0n) is 15.7. The maximum Gasteiger partial charge on any atom is 0.132 e. The highest BCUT2D eigenvalue weighted by atomic mass is 16.5. The van der Waals surface area contributed by atoms with E-state index in [4.69, 9.17) is 9.72 Å². The molecule has 3 fully saturated rings. The van der Waals surface area contributed by atoms with E-state index in [0.29, 0.717) is 5.92 Å². The van der Waals surface area contributed by atoms with Gasteiger partial charge in [-0.1, -0.05) is 0 Å². The van der Waals surface area contributed by atoms with Gasteiger partial charge in [0.15, 0.2) is 0 Å². The van der Waals surface area contributed by atoms with Crippen LogP contribution in [0.4, 0.5) is 5.82 Å². The second-order valence-electron chi connectivity index (χ2n) is 7.82. The van der Waals surface area contributed by atoms with Gasteiger partial charge in [-0.25, -0.2) is 9.97 Å². The highest BCUT2D eigenvalue weighted by molar-refractivity contribution is 5.41. The third-order valence-corrected chi connectivity index (χ3v) is 6.03. The predicted octanol–water partition coefficient (Wildman–Crippen LogP) is 1.51. The van der Waals surface area contributed by atoms with Crippen LogP contribution in [0.3, 0.4) is 0 Å². The van der Waals surface area contributed by atoms with Crippen molar-refractivity contribution in [2.45, 2.75) is 38.1 Å². The van der Waals surface area contributed by atoms with Gasteiger partial charge in [-0.15, -0.1) is 0 Å². The van der Waals surface area contributed by atoms with Gasteiger partial charge in [0.05, 0.1) is 12.3 Å². The van der Waals surface area contributed by atoms with Gasteiger partial charge in [-0.3, -0.25) is 4.90 Å². The first-order valence-corrected chi connectivity index (χ1v) is 9.80. The molecule has 25 heavy (non-hydrogen) atoms. The molecule has 0 spiro atoms. The Labute approximate surface area is 151 Å². The first kappa shape index (κ1) is 17.2. The maximum absolute atomic E-state index is 5.54. The van der Waals surface area contributed by atoms with Crippen LogP contribution in [-0.4, -0.2) is 85.3 Å². The Morgan fingerprint density at radius 3 is 2.44 bits per heavy atom. The maximum atomic E-state index is 5.54. The Kier molecular flexibility index (Phi) is 5.20. The molecule has 6 nitrogen and oxygen atoms in total. The van der Waals surface area contributed by atoms with Crippen LogP contribution in [-0.2, 0) is 4.74 Å². The first-order chi connectivity index (χ1) is 12.2. The predicted molar refractivity (Wildman–Crippen MR) is 99.3 cm³/mol. The largest absolute Gasteiger partial charge is 0.381 e. The van der Waals surface area contributed by atoms with Gasteiger partial charge in [0.2, 0.25) is 0 Å². The van der Waals surface area contributed by atoms with Crippen LogP contribution < -0.4 is 4.90 Å². The van der Waals surface area contributed by atoms with E-state index in [2.05, 4.69) is 32.8 Å². The Morgan fingerprint density at radius 1 is 1.00 bits per heavy atom. The van der Waals surface area contributed by atoms with Crippen molar-refractivity contribution in [2.24, 2.45) is 0 Å². The van der Waals surface area contributed by atoms with Crippen molar-refractivity contribution in [2.75, 3.05) is 64.4 Å². The van der Waals surface area contributed by atoms with Crippen LogP contribution in [0.5, 0.6) is 0 Å². The van der Waals surface area contributed by atoms with E-state index < -0.39 is 0 Å². The van der Waals surface area contributed by atoms with Crippen LogP contribution in [0.15, 0.2) is 6.07 Å². The number of nitrogens with zero attached hydrogens (tertiary/aromatic N) is 5. The normalized spacial score (nSPS) is 27.1. The SMILES string of the molecule is Cc1nc(C2CCOC2)cc(N2CCN(C3CCN(C)CC3)CC2)n1. The number of likely N-dealkylation sites (tertiary alicyclic amines) is 1. The monoisotopic (exact) mass is 345 g/mol. The smallest absolute Gasteiger partial charge is 0.132 e. The van der Waals surface area contributed by atoms with Gasteiger partial charge in [0.25, 0.3) is 0 Å². The molecule has 0 amide bonds. The number of aryl methyl sites for hydroxylation is 1. The highest BCUT2D eigenvalue weighted by Gasteiger charge is 2.28. The fourth-order valence-corrected chi connectivity index (χ4v) is 4.39. The Hall–Kier alpha value is -1.24. The minimum atomic E-state index is 0.445. The summed E-state index contributed by atoms with van der Waals surface area (Å²) in [7, 11) is 2.23. The minimum Gasteiger partial charge on any atom is -0.381 e. The molecule has 138 valence electrons. The van der Waals surface area contributed by atoms with Crippen molar-refractivity contribution >= 4 is 5.82 Å². The van der Waals surface area contributed by atoms with E-state index in [1.165, 1.54) is 25.9 Å². The third kappa shape index (κ3) is 3.96. The quantitative estimate of drug-likeness (QED) is 0.827. The molecule has 6 heteroatoms. The van der Waals surface area contributed by atoms with Crippen LogP contribution in [0.1, 0.15) is 36.7 Å². The summed E-state index contributed by atoms with van der Waals surface area (Å²) in [5.41, 5.74) is 1.16. The lowest BCUT2D eigenvalue weighted by Gasteiger charge is -2.42. The molecule has 4 rings (SSSR count). The summed E-state index contributed by atoms with van der Waals surface area (Å²) >= 11 is 0. The van der Waals surface area contributed by atoms with Crippen molar-refractivity contribution in [3.8, 4) is 0 Å². The van der Waals surface area contributed by atoms with Crippen LogP contribution in [0.25, 0.3) is 0 Å². The second-order valence-corrected chi connectivity index (χ2v) is 7.82. The summed E-state index contributed by atoms with van der Waals surface area (Å²) < 4.78 is 5.54. The second kappa shape index (κ2) is 7.56. The summed E-state index contributed by atoms with van der Waals surface area (Å²) in [4.78, 5) is 17.0. The number of aromatic nitrogens is 2. The Balaban J connectivity index is 1.39. The molecule has 3 aliphatic rings. The molecule has 0 radical (unpaired) electrons. The van der Waals surface area contributed by atoms with Gasteiger partial charge < -0.3 is 14.5 Å². The molecule has 0 bridgehead atoms. The van der Waals surface area contributed by atoms with Crippen LogP contribution in [0, 0.1) is 6.92 Å². The number of hydrogen-bond acceptors (Lipinski definition) is 6. The van der Waals surface area contributed by atoms with E-state index in [1.807, 2.05) is 6.92 Å². The van der Waals surface area contributed by atoms with Crippen molar-refractivity contribution in [3.63, 3.8) is 0 Å². The number of hydrogen-bond donors (Lipinski definition) is 0. The van der Waals surface area contributed by atoms with Crippen molar-refractivity contribution in [3.05, 3.63) is 17.6 Å². The Bertz CT molecular complexity index is 573. The fourth-order valence-electron chi connectivity index (χ4n) is 4.39. The molecule has 1 unspecified atom stereocenters. The molecule has 0 saturated carbocycles. The van der Waals surface area contributed by atoms with Gasteiger partial charge >= 0.3 is 0 Å². The summed E-state index contributed by atoms with van der Waals surface area (Å²) in [6, 6.07) is 2.98. The molecule has 1 atom stereocenters. The third-order valence-electron chi connectivity index (χ3n) is 6.03. The van der Waals surface area contributed by atoms with E-state index >= 15 is 0 Å². The molecule has 3 aliphatic heterocycles. The van der Waals surface area contributed by atoms with Gasteiger partial charge in [0, 0.05) is 50.8 Å². The van der Waals surface area contributed by atoms with Crippen LogP contribution in [0.2, 0.25) is 0 Å². The molecular formula is C19H31N5O. The molecule has 3 saturated heterocycles. The average molecular weight is 345 g/mol. The zero-order chi connectivity index (χ0) is 17.2. The zero-order valence-corrected chi connectivity index (χ0v) is 15.7. The molecule has 1 aromatic heterocycles. The lowest BCUT2D eigenvalue weighted by molar-refractivity contribution is 0.115. The molecule has 0 N–H and O–H groups in total. The standard InChI is InChI=1S/C19H31N5O/c1-15-20-18(16-5-12-25-14-16)13-19(21-15)24-10-8-23(9-11-24)17-3-6-22(2)7-4-17/h13,16-17H,3-12,14H2,1-2H3. The molecule has 0 aromatic carbocycles. The summed E-state index contributed by atoms with van der Waals surface area (Å²) in [5, 5.41) is 0. The number of rotatable bonds is 3. The topological polar surface area (TPSA) is 44.7 Å². The number of ether oxygens (including phenoxy) is 1. The van der Waals surface area contributed by atoms with E-state index in [0.717, 1.165) is 69.2 Å². The molecule has 4 heterocycles. The number of anilines is 1. The summed E-state index contributed by atoms with van der Waals surface area (Å²) in [6.45, 7) is 10.6. The highest BCUT2D eigenvalue weighted by Crippen LogP contribution is 2.27. The summed E-state index contributed by atoms with van der Waals surface area (Å²) in [6.07, 6.45) is 3.71. The van der Waals surface area contributed by atoms with Gasteiger partial charge in [-0.2, -0.15) is 0 Å². The molecular weight excluding hydrogens is 314 g/mol. The van der Waals surface area contributed by atoms with Crippen molar-refractivity contribution < 1.29 is 4.74 Å². The van der Waals surface area contributed by atoms with Crippen molar-refractivity contribution in [1.82, 2.24) is 19.8 Å².